The van der Waals surface area contributed by atoms with E-state index in [2.05, 4.69) is 10.3 Å². The number of rotatable bonds is 4. The Kier molecular flexibility index (Phi) is 4.40. The quantitative estimate of drug-likeness (QED) is 0.751. The molecule has 0 unspecified atom stereocenters. The molecule has 2 heterocycles. The number of amides is 1. The topological polar surface area (TPSA) is 51.2 Å². The summed E-state index contributed by atoms with van der Waals surface area (Å²) in [5.41, 5.74) is 1.04. The molecule has 0 aliphatic rings. The lowest BCUT2D eigenvalue weighted by molar-refractivity contribution is 0.102. The third kappa shape index (κ3) is 3.40. The number of thiophene rings is 1. The fraction of sp³-hybridized carbons (Fsp3) is 0.125. The predicted octanol–water partition coefficient (Wildman–Crippen LogP) is 4.58. The summed E-state index contributed by atoms with van der Waals surface area (Å²) in [7, 11) is 1.38. The Labute approximate surface area is 140 Å². The van der Waals surface area contributed by atoms with Crippen LogP contribution in [0.1, 0.15) is 15.2 Å². The second-order valence-electron chi connectivity index (χ2n) is 4.75. The standard InChI is InChI=1S/C16H13FN2O2S2/c1-9-3-6-14(23-9)12-8-22-16(18-12)19-15(20)10-4-5-13(21-2)11(17)7-10/h3-8H,1-2H3,(H,18,19,20). The maximum Gasteiger partial charge on any atom is 0.257 e. The highest BCUT2D eigenvalue weighted by Gasteiger charge is 2.13. The summed E-state index contributed by atoms with van der Waals surface area (Å²) in [4.78, 5) is 18.8. The summed E-state index contributed by atoms with van der Waals surface area (Å²) >= 11 is 2.98. The molecule has 1 aromatic carbocycles. The van der Waals surface area contributed by atoms with Gasteiger partial charge in [-0.15, -0.1) is 22.7 Å². The summed E-state index contributed by atoms with van der Waals surface area (Å²) in [6.07, 6.45) is 0. The van der Waals surface area contributed by atoms with Crippen molar-refractivity contribution in [3.63, 3.8) is 0 Å². The highest BCUT2D eigenvalue weighted by molar-refractivity contribution is 7.17. The summed E-state index contributed by atoms with van der Waals surface area (Å²) in [6.45, 7) is 2.03. The van der Waals surface area contributed by atoms with Crippen molar-refractivity contribution >= 4 is 33.7 Å². The van der Waals surface area contributed by atoms with Crippen LogP contribution in [0.3, 0.4) is 0 Å². The van der Waals surface area contributed by atoms with E-state index in [4.69, 9.17) is 4.74 Å². The molecule has 7 heteroatoms. The summed E-state index contributed by atoms with van der Waals surface area (Å²) < 4.78 is 18.5. The van der Waals surface area contributed by atoms with Gasteiger partial charge in [0, 0.05) is 15.8 Å². The SMILES string of the molecule is COc1ccc(C(=O)Nc2nc(-c3ccc(C)s3)cs2)cc1F. The number of aromatic nitrogens is 1. The zero-order valence-electron chi connectivity index (χ0n) is 12.4. The van der Waals surface area contributed by atoms with Crippen molar-refractivity contribution in [2.45, 2.75) is 6.92 Å². The third-order valence-corrected chi connectivity index (χ3v) is 4.91. The number of thiazole rings is 1. The normalized spacial score (nSPS) is 10.6. The van der Waals surface area contributed by atoms with Crippen LogP contribution in [0.4, 0.5) is 9.52 Å². The van der Waals surface area contributed by atoms with Crippen LogP contribution < -0.4 is 10.1 Å². The van der Waals surface area contributed by atoms with Gasteiger partial charge < -0.3 is 4.74 Å². The van der Waals surface area contributed by atoms with Gasteiger partial charge in [-0.25, -0.2) is 9.37 Å². The van der Waals surface area contributed by atoms with Crippen LogP contribution in [0.2, 0.25) is 0 Å². The van der Waals surface area contributed by atoms with Crippen molar-refractivity contribution in [2.75, 3.05) is 12.4 Å². The van der Waals surface area contributed by atoms with Crippen molar-refractivity contribution in [3.05, 3.63) is 52.0 Å². The van der Waals surface area contributed by atoms with E-state index in [0.29, 0.717) is 5.13 Å². The highest BCUT2D eigenvalue weighted by atomic mass is 32.1. The second kappa shape index (κ2) is 6.47. The number of ether oxygens (including phenoxy) is 1. The Hall–Kier alpha value is -2.25. The minimum Gasteiger partial charge on any atom is -0.494 e. The fourth-order valence-electron chi connectivity index (χ4n) is 1.99. The van der Waals surface area contributed by atoms with Crippen molar-refractivity contribution in [3.8, 4) is 16.3 Å². The van der Waals surface area contributed by atoms with E-state index in [1.54, 1.807) is 11.3 Å². The average Bonchev–Trinajstić information content (AvgIpc) is 3.16. The molecule has 118 valence electrons. The van der Waals surface area contributed by atoms with Crippen LogP contribution in [-0.4, -0.2) is 18.0 Å². The van der Waals surface area contributed by atoms with Crippen LogP contribution in [0.15, 0.2) is 35.7 Å². The number of carbonyl (C=O) groups excluding carboxylic acids is 1. The highest BCUT2D eigenvalue weighted by Crippen LogP contribution is 2.30. The van der Waals surface area contributed by atoms with Crippen molar-refractivity contribution < 1.29 is 13.9 Å². The number of carbonyl (C=O) groups is 1. The van der Waals surface area contributed by atoms with Crippen molar-refractivity contribution in [1.82, 2.24) is 4.98 Å². The van der Waals surface area contributed by atoms with E-state index >= 15 is 0 Å². The molecule has 1 amide bonds. The lowest BCUT2D eigenvalue weighted by Gasteiger charge is -2.05. The number of benzene rings is 1. The van der Waals surface area contributed by atoms with Crippen molar-refractivity contribution in [1.29, 1.82) is 0 Å². The Balaban J connectivity index is 1.75. The first kappa shape index (κ1) is 15.6. The van der Waals surface area contributed by atoms with Gasteiger partial charge in [-0.05, 0) is 37.3 Å². The first-order valence-corrected chi connectivity index (χ1v) is 8.43. The van der Waals surface area contributed by atoms with Crippen LogP contribution in [0, 0.1) is 12.7 Å². The van der Waals surface area contributed by atoms with E-state index in [1.165, 1.54) is 35.5 Å². The molecule has 0 saturated carbocycles. The molecule has 0 atom stereocenters. The van der Waals surface area contributed by atoms with Gasteiger partial charge in [0.15, 0.2) is 16.7 Å². The number of methoxy groups -OCH3 is 1. The zero-order valence-corrected chi connectivity index (χ0v) is 14.1. The van der Waals surface area contributed by atoms with E-state index < -0.39 is 11.7 Å². The maximum atomic E-state index is 13.7. The van der Waals surface area contributed by atoms with Crippen LogP contribution in [0.25, 0.3) is 10.6 Å². The third-order valence-electron chi connectivity index (χ3n) is 3.13. The second-order valence-corrected chi connectivity index (χ2v) is 6.90. The molecule has 0 saturated heterocycles. The fourth-order valence-corrected chi connectivity index (χ4v) is 3.60. The molecule has 2 aromatic heterocycles. The molecule has 0 spiro atoms. The maximum absolute atomic E-state index is 13.7. The van der Waals surface area contributed by atoms with Crippen LogP contribution in [-0.2, 0) is 0 Å². The number of nitrogens with zero attached hydrogens (tertiary/aromatic N) is 1. The predicted molar refractivity (Wildman–Crippen MR) is 91.1 cm³/mol. The Bertz CT molecular complexity index is 857. The van der Waals surface area contributed by atoms with Gasteiger partial charge in [0.05, 0.1) is 17.7 Å². The summed E-state index contributed by atoms with van der Waals surface area (Å²) in [6, 6.07) is 8.10. The van der Waals surface area contributed by atoms with Crippen LogP contribution in [0.5, 0.6) is 5.75 Å². The Morgan fingerprint density at radius 1 is 1.30 bits per heavy atom. The van der Waals surface area contributed by atoms with E-state index in [-0.39, 0.29) is 11.3 Å². The summed E-state index contributed by atoms with van der Waals surface area (Å²) in [5.74, 6) is -0.880. The number of hydrogen-bond donors (Lipinski definition) is 1. The minimum atomic E-state index is -0.575. The monoisotopic (exact) mass is 348 g/mol. The van der Waals surface area contributed by atoms with Gasteiger partial charge in [0.25, 0.3) is 5.91 Å². The zero-order chi connectivity index (χ0) is 16.4. The molecule has 0 radical (unpaired) electrons. The number of nitrogens with one attached hydrogen (secondary N) is 1. The van der Waals surface area contributed by atoms with E-state index in [0.717, 1.165) is 16.6 Å². The molecule has 1 N–H and O–H groups in total. The number of aryl methyl sites for hydroxylation is 1. The molecule has 4 nitrogen and oxygen atoms in total. The number of halogens is 1. The molecular formula is C16H13FN2O2S2. The Morgan fingerprint density at radius 3 is 2.78 bits per heavy atom. The van der Waals surface area contributed by atoms with E-state index in [1.807, 2.05) is 24.4 Å². The smallest absolute Gasteiger partial charge is 0.257 e. The van der Waals surface area contributed by atoms with Gasteiger partial charge in [0.2, 0.25) is 0 Å². The number of hydrogen-bond acceptors (Lipinski definition) is 5. The molecule has 0 fully saturated rings. The van der Waals surface area contributed by atoms with Gasteiger partial charge in [-0.2, -0.15) is 0 Å². The first-order valence-electron chi connectivity index (χ1n) is 6.74. The molecule has 3 aromatic rings. The largest absolute Gasteiger partial charge is 0.494 e. The lowest BCUT2D eigenvalue weighted by atomic mass is 10.2. The lowest BCUT2D eigenvalue weighted by Crippen LogP contribution is -2.12. The molecule has 0 bridgehead atoms. The first-order chi connectivity index (χ1) is 11.1. The van der Waals surface area contributed by atoms with Gasteiger partial charge in [-0.1, -0.05) is 0 Å². The summed E-state index contributed by atoms with van der Waals surface area (Å²) in [5, 5.41) is 5.05. The number of anilines is 1. The van der Waals surface area contributed by atoms with Crippen molar-refractivity contribution in [2.24, 2.45) is 0 Å². The molecule has 3 rings (SSSR count). The van der Waals surface area contributed by atoms with Gasteiger partial charge >= 0.3 is 0 Å². The minimum absolute atomic E-state index is 0.103. The Morgan fingerprint density at radius 2 is 2.13 bits per heavy atom. The molecule has 23 heavy (non-hydrogen) atoms. The van der Waals surface area contributed by atoms with Gasteiger partial charge in [-0.3, -0.25) is 10.1 Å². The average molecular weight is 348 g/mol. The van der Waals surface area contributed by atoms with E-state index in [9.17, 15) is 9.18 Å². The van der Waals surface area contributed by atoms with Gasteiger partial charge in [0.1, 0.15) is 0 Å². The molecule has 0 aliphatic heterocycles. The molecular weight excluding hydrogens is 335 g/mol. The molecule has 0 aliphatic carbocycles. The van der Waals surface area contributed by atoms with Crippen LogP contribution >= 0.6 is 22.7 Å².